The topological polar surface area (TPSA) is 33.1 Å². The fraction of sp³-hybridized carbons (Fsp3) is 0.267. The number of aliphatic hydroxyl groups excluding tert-OH is 1. The molecule has 0 aliphatic rings. The fourth-order valence-corrected chi connectivity index (χ4v) is 1.91. The first kappa shape index (κ1) is 14.5. The Balaban J connectivity index is 1.97. The predicted octanol–water partition coefficient (Wildman–Crippen LogP) is 3.77. The lowest BCUT2D eigenvalue weighted by molar-refractivity contribution is -0.137. The minimum atomic E-state index is -4.35. The third-order valence-electron chi connectivity index (χ3n) is 3.08. The van der Waals surface area contributed by atoms with Crippen molar-refractivity contribution >= 4 is 0 Å². The van der Waals surface area contributed by atoms with Gasteiger partial charge in [0.05, 0.1) is 11.7 Å². The van der Waals surface area contributed by atoms with Crippen molar-refractivity contribution in [2.24, 2.45) is 0 Å². The Morgan fingerprint density at radius 1 is 1.00 bits per heavy atom. The van der Waals surface area contributed by atoms with E-state index in [1.165, 1.54) is 12.1 Å². The number of pyridine rings is 1. The van der Waals surface area contributed by atoms with Gasteiger partial charge in [-0.25, -0.2) is 0 Å². The highest BCUT2D eigenvalue weighted by atomic mass is 19.4. The number of rotatable bonds is 4. The number of aryl methyl sites for hydroxylation is 1. The summed E-state index contributed by atoms with van der Waals surface area (Å²) >= 11 is 0. The summed E-state index contributed by atoms with van der Waals surface area (Å²) in [6.07, 6.45) is -0.689. The van der Waals surface area contributed by atoms with Gasteiger partial charge < -0.3 is 5.11 Å². The molecule has 1 heterocycles. The van der Waals surface area contributed by atoms with Gasteiger partial charge in [-0.05, 0) is 48.2 Å². The van der Waals surface area contributed by atoms with E-state index >= 15 is 0 Å². The number of alkyl halides is 3. The largest absolute Gasteiger partial charge is 0.416 e. The van der Waals surface area contributed by atoms with Crippen molar-refractivity contribution in [3.05, 3.63) is 65.5 Å². The van der Waals surface area contributed by atoms with E-state index < -0.39 is 17.8 Å². The van der Waals surface area contributed by atoms with Gasteiger partial charge in [-0.2, -0.15) is 13.2 Å². The Morgan fingerprint density at radius 2 is 1.60 bits per heavy atom. The third-order valence-corrected chi connectivity index (χ3v) is 3.08. The molecule has 1 unspecified atom stereocenters. The molecule has 0 saturated heterocycles. The Kier molecular flexibility index (Phi) is 4.39. The summed E-state index contributed by atoms with van der Waals surface area (Å²) in [5, 5.41) is 9.98. The molecular weight excluding hydrogens is 267 g/mol. The number of hydrogen-bond acceptors (Lipinski definition) is 2. The molecule has 1 N–H and O–H groups in total. The molecule has 1 atom stereocenters. The van der Waals surface area contributed by atoms with Gasteiger partial charge in [0.1, 0.15) is 0 Å². The van der Waals surface area contributed by atoms with Crippen LogP contribution in [0.3, 0.4) is 0 Å². The summed E-state index contributed by atoms with van der Waals surface area (Å²) in [5.74, 6) is 0. The number of hydrogen-bond donors (Lipinski definition) is 1. The SMILES string of the molecule is OC(CCc1ccncc1)c1ccc(C(F)(F)F)cc1. The summed E-state index contributed by atoms with van der Waals surface area (Å²) < 4.78 is 37.3. The van der Waals surface area contributed by atoms with E-state index in [4.69, 9.17) is 0 Å². The predicted molar refractivity (Wildman–Crippen MR) is 69.0 cm³/mol. The van der Waals surface area contributed by atoms with E-state index in [0.717, 1.165) is 17.7 Å². The highest BCUT2D eigenvalue weighted by Gasteiger charge is 2.30. The molecule has 0 spiro atoms. The van der Waals surface area contributed by atoms with E-state index in [1.807, 2.05) is 12.1 Å². The number of halogens is 3. The van der Waals surface area contributed by atoms with Crippen molar-refractivity contribution in [1.82, 2.24) is 4.98 Å². The lowest BCUT2D eigenvalue weighted by Crippen LogP contribution is -2.06. The lowest BCUT2D eigenvalue weighted by atomic mass is 10.0. The van der Waals surface area contributed by atoms with Crippen LogP contribution < -0.4 is 0 Å². The molecule has 2 nitrogen and oxygen atoms in total. The molecular formula is C15H14F3NO. The first-order valence-corrected chi connectivity index (χ1v) is 6.21. The highest BCUT2D eigenvalue weighted by Crippen LogP contribution is 2.30. The van der Waals surface area contributed by atoms with Crippen LogP contribution in [0, 0.1) is 0 Å². The van der Waals surface area contributed by atoms with Crippen LogP contribution in [0.4, 0.5) is 13.2 Å². The van der Waals surface area contributed by atoms with Crippen LogP contribution in [-0.4, -0.2) is 10.1 Å². The molecule has 20 heavy (non-hydrogen) atoms. The van der Waals surface area contributed by atoms with Crippen molar-refractivity contribution in [1.29, 1.82) is 0 Å². The molecule has 5 heteroatoms. The van der Waals surface area contributed by atoms with Crippen molar-refractivity contribution in [3.8, 4) is 0 Å². The van der Waals surface area contributed by atoms with Gasteiger partial charge in [0.2, 0.25) is 0 Å². The first-order valence-electron chi connectivity index (χ1n) is 6.21. The zero-order chi connectivity index (χ0) is 14.6. The molecule has 2 rings (SSSR count). The van der Waals surface area contributed by atoms with Crippen molar-refractivity contribution in [2.45, 2.75) is 25.1 Å². The van der Waals surface area contributed by atoms with E-state index in [9.17, 15) is 18.3 Å². The van der Waals surface area contributed by atoms with Gasteiger partial charge in [-0.3, -0.25) is 4.98 Å². The van der Waals surface area contributed by atoms with Gasteiger partial charge >= 0.3 is 6.18 Å². The third kappa shape index (κ3) is 3.81. The number of aromatic nitrogens is 1. The van der Waals surface area contributed by atoms with Crippen LogP contribution in [-0.2, 0) is 12.6 Å². The second-order valence-electron chi connectivity index (χ2n) is 4.53. The van der Waals surface area contributed by atoms with Gasteiger partial charge in [0.25, 0.3) is 0 Å². The van der Waals surface area contributed by atoms with Gasteiger partial charge in [-0.15, -0.1) is 0 Å². The number of nitrogens with zero attached hydrogens (tertiary/aromatic N) is 1. The van der Waals surface area contributed by atoms with E-state index in [2.05, 4.69) is 4.98 Å². The maximum absolute atomic E-state index is 12.4. The normalized spacial score (nSPS) is 13.2. The fourth-order valence-electron chi connectivity index (χ4n) is 1.91. The van der Waals surface area contributed by atoms with Crippen LogP contribution in [0.2, 0.25) is 0 Å². The van der Waals surface area contributed by atoms with Crippen LogP contribution in [0.1, 0.15) is 29.2 Å². The van der Waals surface area contributed by atoms with Gasteiger partial charge in [0.15, 0.2) is 0 Å². The molecule has 0 bridgehead atoms. The Morgan fingerprint density at radius 3 is 2.15 bits per heavy atom. The highest BCUT2D eigenvalue weighted by molar-refractivity contribution is 5.26. The van der Waals surface area contributed by atoms with Crippen LogP contribution in [0.25, 0.3) is 0 Å². The van der Waals surface area contributed by atoms with Crippen LogP contribution in [0.15, 0.2) is 48.8 Å². The second-order valence-corrected chi connectivity index (χ2v) is 4.53. The maximum atomic E-state index is 12.4. The molecule has 0 radical (unpaired) electrons. The molecule has 106 valence electrons. The smallest absolute Gasteiger partial charge is 0.388 e. The number of aliphatic hydroxyl groups is 1. The zero-order valence-electron chi connectivity index (χ0n) is 10.6. The van der Waals surface area contributed by atoms with Crippen molar-refractivity contribution < 1.29 is 18.3 Å². The molecule has 1 aromatic carbocycles. The Bertz CT molecular complexity index is 537. The monoisotopic (exact) mass is 281 g/mol. The van der Waals surface area contributed by atoms with Crippen LogP contribution >= 0.6 is 0 Å². The summed E-state index contributed by atoms with van der Waals surface area (Å²) in [7, 11) is 0. The van der Waals surface area contributed by atoms with Crippen LogP contribution in [0.5, 0.6) is 0 Å². The summed E-state index contributed by atoms with van der Waals surface area (Å²) in [6, 6.07) is 8.31. The summed E-state index contributed by atoms with van der Waals surface area (Å²) in [5.41, 5.74) is 0.820. The first-order chi connectivity index (χ1) is 9.47. The van der Waals surface area contributed by atoms with Crippen molar-refractivity contribution in [2.75, 3.05) is 0 Å². The average molecular weight is 281 g/mol. The molecule has 0 aliphatic carbocycles. The molecule has 0 saturated carbocycles. The van der Waals surface area contributed by atoms with Gasteiger partial charge in [-0.1, -0.05) is 12.1 Å². The second kappa shape index (κ2) is 6.05. The summed E-state index contributed by atoms with van der Waals surface area (Å²) in [6.45, 7) is 0. The minimum Gasteiger partial charge on any atom is -0.388 e. The van der Waals surface area contributed by atoms with E-state index in [-0.39, 0.29) is 0 Å². The molecule has 1 aromatic heterocycles. The summed E-state index contributed by atoms with van der Waals surface area (Å²) in [4.78, 5) is 3.89. The molecule has 2 aromatic rings. The number of benzene rings is 1. The average Bonchev–Trinajstić information content (AvgIpc) is 2.45. The Hall–Kier alpha value is -1.88. The standard InChI is InChI=1S/C15H14F3NO/c16-15(17,18)13-4-2-12(3-5-13)14(20)6-1-11-7-9-19-10-8-11/h2-5,7-10,14,20H,1,6H2. The van der Waals surface area contributed by atoms with Crippen molar-refractivity contribution in [3.63, 3.8) is 0 Å². The van der Waals surface area contributed by atoms with Gasteiger partial charge in [0, 0.05) is 12.4 Å². The zero-order valence-corrected chi connectivity index (χ0v) is 10.6. The maximum Gasteiger partial charge on any atom is 0.416 e. The molecule has 0 fully saturated rings. The van der Waals surface area contributed by atoms with E-state index in [1.54, 1.807) is 12.4 Å². The molecule has 0 aliphatic heterocycles. The Labute approximate surface area is 114 Å². The lowest BCUT2D eigenvalue weighted by Gasteiger charge is -2.12. The minimum absolute atomic E-state index is 0.454. The molecule has 0 amide bonds. The van der Waals surface area contributed by atoms with E-state index in [0.29, 0.717) is 18.4 Å². The quantitative estimate of drug-likeness (QED) is 0.925.